The van der Waals surface area contributed by atoms with Crippen molar-refractivity contribution in [1.29, 1.82) is 0 Å². The molecular weight excluding hydrogens is 446 g/mol. The Bertz CT molecular complexity index is 1290. The Kier molecular flexibility index (Phi) is 5.00. The van der Waals surface area contributed by atoms with E-state index in [4.69, 9.17) is 11.6 Å². The summed E-state index contributed by atoms with van der Waals surface area (Å²) in [6.07, 6.45) is -0.938. The molecule has 164 valence electrons. The van der Waals surface area contributed by atoms with Gasteiger partial charge in [-0.3, -0.25) is 0 Å². The highest BCUT2D eigenvalue weighted by molar-refractivity contribution is 6.30. The third-order valence-electron chi connectivity index (χ3n) is 5.45. The number of nitrogens with zero attached hydrogens (tertiary/aromatic N) is 5. The van der Waals surface area contributed by atoms with Crippen molar-refractivity contribution in [3.05, 3.63) is 65.2 Å². The smallest absolute Gasteiger partial charge is 0.341 e. The second kappa shape index (κ2) is 7.74. The maximum atomic E-state index is 13.5. The normalized spacial score (nSPS) is 14.5. The van der Waals surface area contributed by atoms with Crippen LogP contribution in [0.25, 0.3) is 28.0 Å². The van der Waals surface area contributed by atoms with Gasteiger partial charge in [-0.15, -0.1) is 0 Å². The molecular formula is C22H16ClF4N5. The second-order valence-corrected chi connectivity index (χ2v) is 7.86. The summed E-state index contributed by atoms with van der Waals surface area (Å²) in [7, 11) is 0. The number of alkyl halides is 3. The van der Waals surface area contributed by atoms with Crippen molar-refractivity contribution in [1.82, 2.24) is 19.6 Å². The Morgan fingerprint density at radius 1 is 0.938 bits per heavy atom. The van der Waals surface area contributed by atoms with Gasteiger partial charge < -0.3 is 4.90 Å². The van der Waals surface area contributed by atoms with Crippen LogP contribution in [0, 0.1) is 5.82 Å². The third-order valence-corrected chi connectivity index (χ3v) is 5.81. The van der Waals surface area contributed by atoms with Crippen molar-refractivity contribution >= 4 is 23.1 Å². The molecule has 4 heterocycles. The molecule has 0 unspecified atom stereocenters. The molecule has 0 amide bonds. The Labute approximate surface area is 185 Å². The van der Waals surface area contributed by atoms with Crippen LogP contribution in [-0.2, 0) is 6.18 Å². The predicted octanol–water partition coefficient (Wildman–Crippen LogP) is 5.87. The number of aromatic nitrogens is 4. The van der Waals surface area contributed by atoms with E-state index in [2.05, 4.69) is 20.0 Å². The minimum absolute atomic E-state index is 0.345. The first kappa shape index (κ1) is 20.7. The number of benzene rings is 1. The summed E-state index contributed by atoms with van der Waals surface area (Å²) in [6.45, 7) is 1.67. The minimum Gasteiger partial charge on any atom is -0.341 e. The lowest BCUT2D eigenvalue weighted by Crippen LogP contribution is -2.20. The molecule has 1 fully saturated rings. The molecule has 3 aromatic heterocycles. The van der Waals surface area contributed by atoms with Crippen molar-refractivity contribution in [2.24, 2.45) is 0 Å². The fourth-order valence-electron chi connectivity index (χ4n) is 3.91. The lowest BCUT2D eigenvalue weighted by molar-refractivity contribution is -0.137. The van der Waals surface area contributed by atoms with Crippen molar-refractivity contribution in [2.75, 3.05) is 18.0 Å². The fraction of sp³-hybridized carbons (Fsp3) is 0.227. The summed E-state index contributed by atoms with van der Waals surface area (Å²) in [6, 6.07) is 9.49. The van der Waals surface area contributed by atoms with E-state index in [0.29, 0.717) is 34.0 Å². The monoisotopic (exact) mass is 461 g/mol. The molecule has 0 spiro atoms. The zero-order valence-electron chi connectivity index (χ0n) is 16.6. The van der Waals surface area contributed by atoms with E-state index in [0.717, 1.165) is 36.5 Å². The van der Waals surface area contributed by atoms with Crippen LogP contribution in [-0.4, -0.2) is 32.7 Å². The fourth-order valence-corrected chi connectivity index (χ4v) is 4.21. The van der Waals surface area contributed by atoms with Crippen molar-refractivity contribution in [2.45, 2.75) is 19.0 Å². The molecule has 0 atom stereocenters. The summed E-state index contributed by atoms with van der Waals surface area (Å²) in [5.41, 5.74) is 1.22. The van der Waals surface area contributed by atoms with Gasteiger partial charge in [0.1, 0.15) is 16.7 Å². The Balaban J connectivity index is 1.76. The van der Waals surface area contributed by atoms with Gasteiger partial charge >= 0.3 is 6.18 Å². The average Bonchev–Trinajstić information content (AvgIpc) is 3.42. The summed E-state index contributed by atoms with van der Waals surface area (Å²) in [4.78, 5) is 11.1. The zero-order chi connectivity index (χ0) is 22.5. The molecule has 1 aliphatic rings. The van der Waals surface area contributed by atoms with Crippen LogP contribution in [0.5, 0.6) is 0 Å². The van der Waals surface area contributed by atoms with Crippen LogP contribution in [0.4, 0.5) is 23.5 Å². The second-order valence-electron chi connectivity index (χ2n) is 7.50. The molecule has 1 saturated heterocycles. The van der Waals surface area contributed by atoms with Gasteiger partial charge in [-0.05, 0) is 55.3 Å². The van der Waals surface area contributed by atoms with E-state index in [1.54, 1.807) is 12.3 Å². The molecule has 1 aliphatic heterocycles. The molecule has 0 saturated carbocycles. The summed E-state index contributed by atoms with van der Waals surface area (Å²) in [5.74, 6) is 0.109. The molecule has 32 heavy (non-hydrogen) atoms. The van der Waals surface area contributed by atoms with Gasteiger partial charge in [0.15, 0.2) is 0 Å². The molecule has 1 aromatic carbocycles. The lowest BCUT2D eigenvalue weighted by Gasteiger charge is -2.15. The van der Waals surface area contributed by atoms with Gasteiger partial charge in [-0.2, -0.15) is 18.3 Å². The number of halogens is 5. The predicted molar refractivity (Wildman–Crippen MR) is 113 cm³/mol. The van der Waals surface area contributed by atoms with Gasteiger partial charge in [0.05, 0.1) is 22.3 Å². The first-order valence-electron chi connectivity index (χ1n) is 9.95. The van der Waals surface area contributed by atoms with Crippen molar-refractivity contribution in [3.63, 3.8) is 0 Å². The molecule has 10 heteroatoms. The number of anilines is 1. The number of rotatable bonds is 3. The number of hydrogen-bond donors (Lipinski definition) is 0. The standard InChI is InChI=1S/C22H16ClF4N5/c23-20-15(22(25,26)27)7-8-17-18(16-9-10-28-21(29-16)31-11-1-2-12-31)19(30-32(17)20)13-3-5-14(24)6-4-13/h3-10H,1-2,11-12H2. The molecule has 0 aliphatic carbocycles. The highest BCUT2D eigenvalue weighted by Crippen LogP contribution is 2.40. The van der Waals surface area contributed by atoms with Crippen molar-refractivity contribution in [3.8, 4) is 22.5 Å². The lowest BCUT2D eigenvalue weighted by atomic mass is 10.0. The molecule has 4 aromatic rings. The highest BCUT2D eigenvalue weighted by Gasteiger charge is 2.35. The van der Waals surface area contributed by atoms with Gasteiger partial charge in [-0.25, -0.2) is 18.9 Å². The summed E-state index contributed by atoms with van der Waals surface area (Å²) >= 11 is 6.13. The van der Waals surface area contributed by atoms with Gasteiger partial charge in [0.2, 0.25) is 5.95 Å². The Morgan fingerprint density at radius 3 is 2.34 bits per heavy atom. The SMILES string of the molecule is Fc1ccc(-c2nn3c(Cl)c(C(F)(F)F)ccc3c2-c2ccnc(N3CCCC3)n2)cc1. The van der Waals surface area contributed by atoms with Crippen LogP contribution < -0.4 is 4.90 Å². The van der Waals surface area contributed by atoms with Crippen molar-refractivity contribution < 1.29 is 17.6 Å². The first-order valence-corrected chi connectivity index (χ1v) is 10.3. The van der Waals surface area contributed by atoms with E-state index >= 15 is 0 Å². The van der Waals surface area contributed by atoms with Gasteiger partial charge in [0, 0.05) is 24.8 Å². The summed E-state index contributed by atoms with van der Waals surface area (Å²) < 4.78 is 54.8. The number of hydrogen-bond acceptors (Lipinski definition) is 4. The third kappa shape index (κ3) is 3.56. The first-order chi connectivity index (χ1) is 15.3. The largest absolute Gasteiger partial charge is 0.419 e. The number of pyridine rings is 1. The molecule has 0 radical (unpaired) electrons. The van der Waals surface area contributed by atoms with Crippen LogP contribution in [0.15, 0.2) is 48.7 Å². The van der Waals surface area contributed by atoms with Crippen LogP contribution in [0.3, 0.4) is 0 Å². The highest BCUT2D eigenvalue weighted by atomic mass is 35.5. The topological polar surface area (TPSA) is 46.3 Å². The molecule has 5 nitrogen and oxygen atoms in total. The maximum absolute atomic E-state index is 13.5. The van der Waals surface area contributed by atoms with Crippen LogP contribution >= 0.6 is 11.6 Å². The average molecular weight is 462 g/mol. The van der Waals surface area contributed by atoms with Gasteiger partial charge in [-0.1, -0.05) is 11.6 Å². The number of fused-ring (bicyclic) bond motifs is 1. The van der Waals surface area contributed by atoms with Gasteiger partial charge in [0.25, 0.3) is 0 Å². The molecule has 5 rings (SSSR count). The van der Waals surface area contributed by atoms with E-state index in [9.17, 15) is 17.6 Å². The minimum atomic E-state index is -4.63. The Morgan fingerprint density at radius 2 is 1.66 bits per heavy atom. The van der Waals surface area contributed by atoms with Crippen LogP contribution in [0.1, 0.15) is 18.4 Å². The van der Waals surface area contributed by atoms with E-state index < -0.39 is 22.7 Å². The van der Waals surface area contributed by atoms with E-state index in [-0.39, 0.29) is 0 Å². The Hall–Kier alpha value is -3.20. The zero-order valence-corrected chi connectivity index (χ0v) is 17.3. The van der Waals surface area contributed by atoms with Crippen LogP contribution in [0.2, 0.25) is 5.15 Å². The van der Waals surface area contributed by atoms with E-state index in [1.165, 1.54) is 30.3 Å². The molecule has 0 bridgehead atoms. The quantitative estimate of drug-likeness (QED) is 0.283. The molecule has 0 N–H and O–H groups in total. The maximum Gasteiger partial charge on any atom is 0.419 e. The van der Waals surface area contributed by atoms with E-state index in [1.807, 2.05) is 0 Å². The summed E-state index contributed by atoms with van der Waals surface area (Å²) in [5, 5.41) is 3.82.